The fraction of sp³-hybridized carbons (Fsp3) is 0.944. The monoisotopic (exact) mass is 297 g/mol. The lowest BCUT2D eigenvalue weighted by molar-refractivity contribution is -0.148. The van der Waals surface area contributed by atoms with Gasteiger partial charge in [-0.25, -0.2) is 0 Å². The van der Waals surface area contributed by atoms with Crippen LogP contribution in [0.4, 0.5) is 0 Å². The highest BCUT2D eigenvalue weighted by Crippen LogP contribution is 2.16. The molecule has 0 amide bonds. The Morgan fingerprint density at radius 3 is 2.10 bits per heavy atom. The fourth-order valence-electron chi connectivity index (χ4n) is 3.07. The van der Waals surface area contributed by atoms with Crippen molar-refractivity contribution in [2.75, 3.05) is 20.2 Å². The van der Waals surface area contributed by atoms with Crippen molar-refractivity contribution in [1.82, 2.24) is 4.90 Å². The van der Waals surface area contributed by atoms with Crippen molar-refractivity contribution in [3.63, 3.8) is 0 Å². The normalized spacial score (nSPS) is 19.0. The molecule has 0 N–H and O–H groups in total. The Balaban J connectivity index is 1.83. The number of ether oxygens (including phenoxy) is 1. The largest absolute Gasteiger partial charge is 0.465 e. The summed E-state index contributed by atoms with van der Waals surface area (Å²) in [5, 5.41) is 0. The summed E-state index contributed by atoms with van der Waals surface area (Å²) in [5.74, 6) is -0.00840. The number of likely N-dealkylation sites (N-methyl/N-ethyl adjacent to an activating group) is 1. The SMILES string of the molecule is CCCCCCCCCCCCOC(=O)C1CCCN1C. The number of carbonyl (C=O) groups excluding carboxylic acids is 1. The van der Waals surface area contributed by atoms with E-state index in [1.165, 1.54) is 57.8 Å². The van der Waals surface area contributed by atoms with E-state index in [-0.39, 0.29) is 12.0 Å². The first-order valence-electron chi connectivity index (χ1n) is 9.12. The Kier molecular flexibility index (Phi) is 10.6. The second kappa shape index (κ2) is 12.0. The molecule has 124 valence electrons. The van der Waals surface area contributed by atoms with E-state index in [2.05, 4.69) is 11.8 Å². The van der Waals surface area contributed by atoms with Crippen LogP contribution < -0.4 is 0 Å². The summed E-state index contributed by atoms with van der Waals surface area (Å²) < 4.78 is 5.39. The maximum Gasteiger partial charge on any atom is 0.323 e. The van der Waals surface area contributed by atoms with Gasteiger partial charge in [-0.05, 0) is 32.9 Å². The molecule has 1 aliphatic heterocycles. The Morgan fingerprint density at radius 2 is 1.57 bits per heavy atom. The minimum Gasteiger partial charge on any atom is -0.465 e. The van der Waals surface area contributed by atoms with E-state index < -0.39 is 0 Å². The van der Waals surface area contributed by atoms with Crippen LogP contribution in [0.25, 0.3) is 0 Å². The average molecular weight is 297 g/mol. The quantitative estimate of drug-likeness (QED) is 0.391. The number of nitrogens with zero attached hydrogens (tertiary/aromatic N) is 1. The van der Waals surface area contributed by atoms with Crippen LogP contribution in [0.15, 0.2) is 0 Å². The summed E-state index contributed by atoms with van der Waals surface area (Å²) in [6.45, 7) is 3.90. The van der Waals surface area contributed by atoms with Gasteiger partial charge in [-0.1, -0.05) is 64.7 Å². The number of carbonyl (C=O) groups is 1. The maximum atomic E-state index is 11.9. The van der Waals surface area contributed by atoms with Gasteiger partial charge >= 0.3 is 5.97 Å². The Morgan fingerprint density at radius 1 is 1.00 bits per heavy atom. The average Bonchev–Trinajstić information content (AvgIpc) is 2.91. The number of esters is 1. The Bertz CT molecular complexity index is 268. The van der Waals surface area contributed by atoms with Gasteiger partial charge in [0.25, 0.3) is 0 Å². The van der Waals surface area contributed by atoms with Crippen molar-refractivity contribution < 1.29 is 9.53 Å². The minimum absolute atomic E-state index is 0.00840. The molecule has 0 aliphatic carbocycles. The Hall–Kier alpha value is -0.570. The van der Waals surface area contributed by atoms with Gasteiger partial charge in [0, 0.05) is 0 Å². The fourth-order valence-corrected chi connectivity index (χ4v) is 3.07. The summed E-state index contributed by atoms with van der Waals surface area (Å²) >= 11 is 0. The maximum absolute atomic E-state index is 11.9. The Labute approximate surface area is 131 Å². The first-order valence-corrected chi connectivity index (χ1v) is 9.12. The van der Waals surface area contributed by atoms with Crippen molar-refractivity contribution in [2.24, 2.45) is 0 Å². The van der Waals surface area contributed by atoms with Crippen LogP contribution in [0.2, 0.25) is 0 Å². The molecule has 0 spiro atoms. The lowest BCUT2D eigenvalue weighted by Crippen LogP contribution is -2.34. The van der Waals surface area contributed by atoms with Crippen molar-refractivity contribution in [2.45, 2.75) is 90.0 Å². The van der Waals surface area contributed by atoms with E-state index >= 15 is 0 Å². The van der Waals surface area contributed by atoms with Crippen LogP contribution in [0.5, 0.6) is 0 Å². The highest BCUT2D eigenvalue weighted by atomic mass is 16.5. The van der Waals surface area contributed by atoms with Crippen LogP contribution in [0.3, 0.4) is 0 Å². The molecule has 3 nitrogen and oxygen atoms in total. The van der Waals surface area contributed by atoms with E-state index in [1.807, 2.05) is 7.05 Å². The number of hydrogen-bond donors (Lipinski definition) is 0. The zero-order valence-electron chi connectivity index (χ0n) is 14.2. The standard InChI is InChI=1S/C18H35NO2/c1-3-4-5-6-7-8-9-10-11-12-16-21-18(20)17-14-13-15-19(17)2/h17H,3-16H2,1-2H3. The van der Waals surface area contributed by atoms with Gasteiger partial charge in [0.15, 0.2) is 0 Å². The van der Waals surface area contributed by atoms with Crippen LogP contribution in [0.1, 0.15) is 84.0 Å². The molecule has 1 rings (SSSR count). The third kappa shape index (κ3) is 8.45. The predicted octanol–water partition coefficient (Wildman–Crippen LogP) is 4.54. The molecule has 1 atom stereocenters. The zero-order valence-corrected chi connectivity index (χ0v) is 14.2. The molecule has 0 aromatic carbocycles. The van der Waals surface area contributed by atoms with Crippen molar-refractivity contribution in [1.29, 1.82) is 0 Å². The van der Waals surface area contributed by atoms with Gasteiger partial charge in [0.2, 0.25) is 0 Å². The molecule has 0 aromatic heterocycles. The number of hydrogen-bond acceptors (Lipinski definition) is 3. The van der Waals surface area contributed by atoms with Crippen LogP contribution >= 0.6 is 0 Å². The molecular weight excluding hydrogens is 262 g/mol. The van der Waals surface area contributed by atoms with E-state index in [0.29, 0.717) is 6.61 Å². The number of likely N-dealkylation sites (tertiary alicyclic amines) is 1. The molecule has 0 saturated carbocycles. The van der Waals surface area contributed by atoms with Crippen molar-refractivity contribution in [3.05, 3.63) is 0 Å². The highest BCUT2D eigenvalue weighted by molar-refractivity contribution is 5.76. The van der Waals surface area contributed by atoms with Gasteiger partial charge in [0.1, 0.15) is 6.04 Å². The predicted molar refractivity (Wildman–Crippen MR) is 88.5 cm³/mol. The van der Waals surface area contributed by atoms with E-state index in [4.69, 9.17) is 4.74 Å². The summed E-state index contributed by atoms with van der Waals surface area (Å²) in [7, 11) is 2.01. The molecule has 0 radical (unpaired) electrons. The van der Waals surface area contributed by atoms with E-state index in [9.17, 15) is 4.79 Å². The smallest absolute Gasteiger partial charge is 0.323 e. The van der Waals surface area contributed by atoms with Gasteiger partial charge in [0.05, 0.1) is 6.61 Å². The highest BCUT2D eigenvalue weighted by Gasteiger charge is 2.28. The van der Waals surface area contributed by atoms with Gasteiger partial charge < -0.3 is 4.74 Å². The summed E-state index contributed by atoms with van der Waals surface area (Å²) in [4.78, 5) is 14.0. The lowest BCUT2D eigenvalue weighted by atomic mass is 10.1. The molecule has 0 bridgehead atoms. The van der Waals surface area contributed by atoms with E-state index in [1.54, 1.807) is 0 Å². The molecule has 0 aromatic rings. The molecule has 1 fully saturated rings. The molecule has 1 unspecified atom stereocenters. The first-order chi connectivity index (χ1) is 10.3. The summed E-state index contributed by atoms with van der Waals surface area (Å²) in [6, 6.07) is 0.0214. The minimum atomic E-state index is -0.00840. The van der Waals surface area contributed by atoms with Crippen molar-refractivity contribution in [3.8, 4) is 0 Å². The van der Waals surface area contributed by atoms with Crippen molar-refractivity contribution >= 4 is 5.97 Å². The zero-order chi connectivity index (χ0) is 15.3. The summed E-state index contributed by atoms with van der Waals surface area (Å²) in [5.41, 5.74) is 0. The molecule has 3 heteroatoms. The third-order valence-electron chi connectivity index (χ3n) is 4.53. The second-order valence-corrected chi connectivity index (χ2v) is 6.49. The molecule has 1 aliphatic rings. The number of rotatable bonds is 12. The molecule has 21 heavy (non-hydrogen) atoms. The third-order valence-corrected chi connectivity index (χ3v) is 4.53. The molecule has 1 heterocycles. The lowest BCUT2D eigenvalue weighted by Gasteiger charge is -2.17. The topological polar surface area (TPSA) is 29.5 Å². The second-order valence-electron chi connectivity index (χ2n) is 6.49. The van der Waals surface area contributed by atoms with Crippen LogP contribution in [-0.4, -0.2) is 37.1 Å². The van der Waals surface area contributed by atoms with Gasteiger partial charge in [-0.3, -0.25) is 9.69 Å². The number of unbranched alkanes of at least 4 members (excludes halogenated alkanes) is 9. The van der Waals surface area contributed by atoms with Gasteiger partial charge in [-0.2, -0.15) is 0 Å². The van der Waals surface area contributed by atoms with Gasteiger partial charge in [-0.15, -0.1) is 0 Å². The van der Waals surface area contributed by atoms with E-state index in [0.717, 1.165) is 25.8 Å². The molecular formula is C18H35NO2. The van der Waals surface area contributed by atoms with Crippen LogP contribution in [-0.2, 0) is 9.53 Å². The molecule has 1 saturated heterocycles. The first kappa shape index (κ1) is 18.5. The van der Waals surface area contributed by atoms with Crippen LogP contribution in [0, 0.1) is 0 Å². The summed E-state index contributed by atoms with van der Waals surface area (Å²) in [6.07, 6.45) is 15.2.